The minimum absolute atomic E-state index is 0.122. The molecule has 0 saturated carbocycles. The molecule has 118 valence electrons. The summed E-state index contributed by atoms with van der Waals surface area (Å²) in [5, 5.41) is 0. The Hall–Kier alpha value is -0.660. The highest BCUT2D eigenvalue weighted by molar-refractivity contribution is 5.90. The molecule has 0 saturated heterocycles. The molecule has 0 bridgehead atoms. The van der Waals surface area contributed by atoms with Gasteiger partial charge in [0.2, 0.25) is 0 Å². The van der Waals surface area contributed by atoms with E-state index in [4.69, 9.17) is 0 Å². The van der Waals surface area contributed by atoms with Gasteiger partial charge in [-0.2, -0.15) is 0 Å². The fourth-order valence-electron chi connectivity index (χ4n) is 3.05. The van der Waals surface area contributed by atoms with E-state index in [2.05, 4.69) is 55.4 Å². The lowest BCUT2D eigenvalue weighted by atomic mass is 9.70. The van der Waals surface area contributed by atoms with Crippen LogP contribution >= 0.6 is 0 Å². The van der Waals surface area contributed by atoms with Gasteiger partial charge in [-0.1, -0.05) is 55.4 Å². The van der Waals surface area contributed by atoms with Gasteiger partial charge in [-0.15, -0.1) is 0 Å². The predicted octanol–water partition coefficient (Wildman–Crippen LogP) is 4.76. The van der Waals surface area contributed by atoms with Crippen molar-refractivity contribution in [3.05, 3.63) is 0 Å². The number of rotatable bonds is 9. The van der Waals surface area contributed by atoms with Crippen molar-refractivity contribution in [3.8, 4) is 0 Å². The standard InChI is InChI=1S/C18H34O2/c1-11(2)9-15(19)17(13(5)6)18(14(7)8)16(20)10-12(3)4/h11-14,17-18H,9-10H2,1-8H3. The van der Waals surface area contributed by atoms with Crippen molar-refractivity contribution in [2.75, 3.05) is 0 Å². The normalized spacial score (nSPS) is 15.2. The van der Waals surface area contributed by atoms with Gasteiger partial charge in [0.15, 0.2) is 0 Å². The first-order chi connectivity index (χ1) is 9.07. The summed E-state index contributed by atoms with van der Waals surface area (Å²) in [4.78, 5) is 25.2. The van der Waals surface area contributed by atoms with Gasteiger partial charge in [-0.05, 0) is 23.7 Å². The van der Waals surface area contributed by atoms with E-state index in [0.717, 1.165) is 0 Å². The monoisotopic (exact) mass is 282 g/mol. The van der Waals surface area contributed by atoms with E-state index < -0.39 is 0 Å². The summed E-state index contributed by atoms with van der Waals surface area (Å²) in [5.41, 5.74) is 0. The van der Waals surface area contributed by atoms with Crippen LogP contribution in [0.4, 0.5) is 0 Å². The van der Waals surface area contributed by atoms with Crippen molar-refractivity contribution in [2.45, 2.75) is 68.2 Å². The van der Waals surface area contributed by atoms with Gasteiger partial charge in [0, 0.05) is 24.7 Å². The van der Waals surface area contributed by atoms with Gasteiger partial charge in [0.25, 0.3) is 0 Å². The molecular weight excluding hydrogens is 248 g/mol. The van der Waals surface area contributed by atoms with Crippen molar-refractivity contribution in [1.29, 1.82) is 0 Å². The van der Waals surface area contributed by atoms with Crippen molar-refractivity contribution in [3.63, 3.8) is 0 Å². The topological polar surface area (TPSA) is 34.1 Å². The molecule has 0 aliphatic rings. The van der Waals surface area contributed by atoms with Gasteiger partial charge < -0.3 is 0 Å². The molecule has 0 aromatic rings. The Labute approximate surface area is 125 Å². The number of Topliss-reactive ketones (excluding diaryl/α,β-unsaturated/α-hetero) is 2. The maximum atomic E-state index is 12.6. The second-order valence-corrected chi connectivity index (χ2v) is 7.67. The molecule has 0 rings (SSSR count). The number of hydrogen-bond acceptors (Lipinski definition) is 2. The van der Waals surface area contributed by atoms with E-state index in [0.29, 0.717) is 24.7 Å². The van der Waals surface area contributed by atoms with Crippen molar-refractivity contribution >= 4 is 11.6 Å². The highest BCUT2D eigenvalue weighted by Crippen LogP contribution is 2.32. The molecule has 0 aromatic heterocycles. The van der Waals surface area contributed by atoms with Gasteiger partial charge >= 0.3 is 0 Å². The smallest absolute Gasteiger partial charge is 0.137 e. The van der Waals surface area contributed by atoms with Crippen molar-refractivity contribution in [2.24, 2.45) is 35.5 Å². The molecule has 2 atom stereocenters. The number of carbonyl (C=O) groups excluding carboxylic acids is 2. The van der Waals surface area contributed by atoms with Gasteiger partial charge in [-0.25, -0.2) is 0 Å². The number of ketones is 2. The van der Waals surface area contributed by atoms with E-state index in [-0.39, 0.29) is 35.2 Å². The van der Waals surface area contributed by atoms with E-state index in [1.54, 1.807) is 0 Å². The molecule has 0 heterocycles. The number of hydrogen-bond donors (Lipinski definition) is 0. The summed E-state index contributed by atoms with van der Waals surface area (Å²) >= 11 is 0. The van der Waals surface area contributed by atoms with Crippen LogP contribution in [0.5, 0.6) is 0 Å². The summed E-state index contributed by atoms with van der Waals surface area (Å²) in [6.07, 6.45) is 1.17. The Morgan fingerprint density at radius 1 is 0.600 bits per heavy atom. The Balaban J connectivity index is 5.25. The highest BCUT2D eigenvalue weighted by Gasteiger charge is 2.37. The first-order valence-corrected chi connectivity index (χ1v) is 8.13. The van der Waals surface area contributed by atoms with Crippen LogP contribution in [0, 0.1) is 35.5 Å². The lowest BCUT2D eigenvalue weighted by molar-refractivity contribution is -0.136. The first-order valence-electron chi connectivity index (χ1n) is 8.13. The minimum Gasteiger partial charge on any atom is -0.299 e. The predicted molar refractivity (Wildman–Crippen MR) is 85.6 cm³/mol. The fraction of sp³-hybridized carbons (Fsp3) is 0.889. The molecule has 0 spiro atoms. The zero-order valence-corrected chi connectivity index (χ0v) is 14.7. The van der Waals surface area contributed by atoms with Crippen LogP contribution in [0.15, 0.2) is 0 Å². The summed E-state index contributed by atoms with van der Waals surface area (Å²) in [5.74, 6) is 1.46. The highest BCUT2D eigenvalue weighted by atomic mass is 16.1. The van der Waals surface area contributed by atoms with Crippen molar-refractivity contribution in [1.82, 2.24) is 0 Å². The Bertz CT molecular complexity index is 281. The van der Waals surface area contributed by atoms with Crippen LogP contribution in [-0.4, -0.2) is 11.6 Å². The molecule has 0 aliphatic heterocycles. The minimum atomic E-state index is -0.122. The molecule has 2 unspecified atom stereocenters. The molecule has 0 aromatic carbocycles. The number of carbonyl (C=O) groups is 2. The zero-order chi connectivity index (χ0) is 16.0. The molecule has 20 heavy (non-hydrogen) atoms. The lowest BCUT2D eigenvalue weighted by Crippen LogP contribution is -2.37. The van der Waals surface area contributed by atoms with E-state index in [1.807, 2.05) is 0 Å². The average molecular weight is 282 g/mol. The second kappa shape index (κ2) is 8.59. The maximum absolute atomic E-state index is 12.6. The third-order valence-corrected chi connectivity index (χ3v) is 3.79. The molecule has 2 nitrogen and oxygen atoms in total. The van der Waals surface area contributed by atoms with E-state index in [1.165, 1.54) is 0 Å². The molecule has 0 amide bonds. The quantitative estimate of drug-likeness (QED) is 0.611. The SMILES string of the molecule is CC(C)CC(=O)C(C(C)C)C(C(=O)CC(C)C)C(C)C. The average Bonchev–Trinajstić information content (AvgIpc) is 2.21. The molecular formula is C18H34O2. The first kappa shape index (κ1) is 19.3. The van der Waals surface area contributed by atoms with Gasteiger partial charge in [0.1, 0.15) is 11.6 Å². The summed E-state index contributed by atoms with van der Waals surface area (Å²) in [6.45, 7) is 16.5. The molecule has 0 N–H and O–H groups in total. The van der Waals surface area contributed by atoms with Crippen LogP contribution in [0.2, 0.25) is 0 Å². The zero-order valence-electron chi connectivity index (χ0n) is 14.7. The van der Waals surface area contributed by atoms with Gasteiger partial charge in [0.05, 0.1) is 0 Å². The fourth-order valence-corrected chi connectivity index (χ4v) is 3.05. The lowest BCUT2D eigenvalue weighted by Gasteiger charge is -2.32. The van der Waals surface area contributed by atoms with Crippen LogP contribution in [0.25, 0.3) is 0 Å². The van der Waals surface area contributed by atoms with Crippen LogP contribution in [0.3, 0.4) is 0 Å². The third kappa shape index (κ3) is 6.19. The Morgan fingerprint density at radius 2 is 0.850 bits per heavy atom. The van der Waals surface area contributed by atoms with E-state index >= 15 is 0 Å². The Morgan fingerprint density at radius 3 is 1.00 bits per heavy atom. The van der Waals surface area contributed by atoms with Crippen LogP contribution < -0.4 is 0 Å². The maximum Gasteiger partial charge on any atom is 0.137 e. The molecule has 0 radical (unpaired) electrons. The van der Waals surface area contributed by atoms with E-state index in [9.17, 15) is 9.59 Å². The van der Waals surface area contributed by atoms with Crippen LogP contribution in [-0.2, 0) is 9.59 Å². The van der Waals surface area contributed by atoms with Crippen molar-refractivity contribution < 1.29 is 9.59 Å². The van der Waals surface area contributed by atoms with Crippen LogP contribution in [0.1, 0.15) is 68.2 Å². The Kier molecular flexibility index (Phi) is 8.30. The van der Waals surface area contributed by atoms with Gasteiger partial charge in [-0.3, -0.25) is 9.59 Å². The summed E-state index contributed by atoms with van der Waals surface area (Å²) < 4.78 is 0. The third-order valence-electron chi connectivity index (χ3n) is 3.79. The molecule has 0 fully saturated rings. The largest absolute Gasteiger partial charge is 0.299 e. The second-order valence-electron chi connectivity index (χ2n) is 7.67. The summed E-state index contributed by atoms with van der Waals surface area (Å²) in [6, 6.07) is 0. The molecule has 2 heteroatoms. The summed E-state index contributed by atoms with van der Waals surface area (Å²) in [7, 11) is 0. The molecule has 0 aliphatic carbocycles.